The molecule has 0 radical (unpaired) electrons. The van der Waals surface area contributed by atoms with Crippen molar-refractivity contribution in [1.29, 1.82) is 0 Å². The minimum atomic E-state index is -1.89. The quantitative estimate of drug-likeness (QED) is 0.365. The van der Waals surface area contributed by atoms with Crippen LogP contribution in [0.15, 0.2) is 72.8 Å². The van der Waals surface area contributed by atoms with Crippen LogP contribution in [-0.4, -0.2) is 23.4 Å². The second-order valence-corrected chi connectivity index (χ2v) is 8.58. The first kappa shape index (κ1) is 22.7. The van der Waals surface area contributed by atoms with Crippen molar-refractivity contribution in [2.24, 2.45) is 0 Å². The molecular weight excluding hydrogens is 414 g/mol. The average molecular weight is 444 g/mol. The number of carbonyl (C=O) groups is 2. The van der Waals surface area contributed by atoms with Crippen LogP contribution in [0, 0.1) is 6.92 Å². The lowest BCUT2D eigenvalue weighted by atomic mass is 9.88. The number of anilines is 1. The fourth-order valence-electron chi connectivity index (χ4n) is 4.12. The molecule has 1 unspecified atom stereocenters. The van der Waals surface area contributed by atoms with Gasteiger partial charge in [0.2, 0.25) is 0 Å². The van der Waals surface area contributed by atoms with Gasteiger partial charge in [-0.1, -0.05) is 61.4 Å². The lowest BCUT2D eigenvalue weighted by Crippen LogP contribution is -2.41. The number of fused-ring (bicyclic) bond motifs is 1. The smallest absolute Gasteiger partial charge is 0.264 e. The Bertz CT molecular complexity index is 1140. The summed E-state index contributed by atoms with van der Waals surface area (Å²) in [5.41, 5.74) is 1.74. The van der Waals surface area contributed by atoms with Crippen molar-refractivity contribution in [2.75, 3.05) is 11.5 Å². The highest BCUT2D eigenvalue weighted by Crippen LogP contribution is 2.43. The zero-order valence-corrected chi connectivity index (χ0v) is 19.1. The van der Waals surface area contributed by atoms with Gasteiger partial charge >= 0.3 is 0 Å². The number of para-hydroxylation sites is 1. The van der Waals surface area contributed by atoms with Crippen LogP contribution in [-0.2, 0) is 16.9 Å². The van der Waals surface area contributed by atoms with Crippen molar-refractivity contribution in [3.05, 3.63) is 95.1 Å². The molecular formula is C28H29NO4. The van der Waals surface area contributed by atoms with Gasteiger partial charge < -0.3 is 14.7 Å². The van der Waals surface area contributed by atoms with Gasteiger partial charge in [-0.2, -0.15) is 0 Å². The number of rotatable bonds is 9. The molecule has 3 aromatic carbocycles. The fourth-order valence-corrected chi connectivity index (χ4v) is 4.12. The highest BCUT2D eigenvalue weighted by atomic mass is 16.5. The lowest BCUT2D eigenvalue weighted by Gasteiger charge is -2.23. The summed E-state index contributed by atoms with van der Waals surface area (Å²) >= 11 is 0. The second kappa shape index (κ2) is 9.59. The van der Waals surface area contributed by atoms with Crippen molar-refractivity contribution in [3.8, 4) is 5.75 Å². The Hall–Kier alpha value is -3.44. The number of hydrogen-bond acceptors (Lipinski definition) is 4. The van der Waals surface area contributed by atoms with Crippen LogP contribution in [0.4, 0.5) is 5.69 Å². The standard InChI is InChI=1S/C28H29NO4/c1-3-4-17-33-23-15-13-22(14-16-23)26(30)18-28(32)24-7-5-6-8-25(24)29(27(28)31)19-21-11-9-20(2)10-12-21/h5-16,32H,3-4,17-19H2,1-2H3. The molecule has 0 bridgehead atoms. The molecule has 1 amide bonds. The highest BCUT2D eigenvalue weighted by Gasteiger charge is 2.50. The molecule has 1 atom stereocenters. The van der Waals surface area contributed by atoms with Crippen LogP contribution in [0.3, 0.4) is 0 Å². The third-order valence-electron chi connectivity index (χ3n) is 6.06. The summed E-state index contributed by atoms with van der Waals surface area (Å²) in [5.74, 6) is -0.0691. The van der Waals surface area contributed by atoms with Gasteiger partial charge in [0, 0.05) is 11.1 Å². The molecule has 33 heavy (non-hydrogen) atoms. The molecule has 1 aliphatic heterocycles. The first-order valence-electron chi connectivity index (χ1n) is 11.4. The number of benzene rings is 3. The number of unbranched alkanes of at least 4 members (excludes halogenated alkanes) is 1. The van der Waals surface area contributed by atoms with E-state index < -0.39 is 11.5 Å². The molecule has 0 fully saturated rings. The summed E-state index contributed by atoms with van der Waals surface area (Å²) in [5, 5.41) is 11.5. The SMILES string of the molecule is CCCCOc1ccc(C(=O)CC2(O)C(=O)N(Cc3ccc(C)cc3)c3ccccc32)cc1. The number of Topliss-reactive ketones (excluding diaryl/α,β-unsaturated/α-hetero) is 1. The molecule has 4 rings (SSSR count). The second-order valence-electron chi connectivity index (χ2n) is 8.58. The number of carbonyl (C=O) groups excluding carboxylic acids is 2. The highest BCUT2D eigenvalue weighted by molar-refractivity contribution is 6.10. The molecule has 0 spiro atoms. The van der Waals surface area contributed by atoms with Gasteiger partial charge in [-0.15, -0.1) is 0 Å². The summed E-state index contributed by atoms with van der Waals surface area (Å²) in [6.45, 7) is 5.07. The molecule has 0 saturated carbocycles. The van der Waals surface area contributed by atoms with Crippen LogP contribution < -0.4 is 9.64 Å². The number of amides is 1. The maximum atomic E-state index is 13.4. The van der Waals surface area contributed by atoms with E-state index in [1.807, 2.05) is 43.3 Å². The summed E-state index contributed by atoms with van der Waals surface area (Å²) in [6.07, 6.45) is 1.70. The summed E-state index contributed by atoms with van der Waals surface area (Å²) in [6, 6.07) is 21.9. The van der Waals surface area contributed by atoms with E-state index in [4.69, 9.17) is 4.74 Å². The van der Waals surface area contributed by atoms with Gasteiger partial charge in [-0.05, 0) is 49.2 Å². The predicted molar refractivity (Wildman–Crippen MR) is 129 cm³/mol. The van der Waals surface area contributed by atoms with E-state index in [9.17, 15) is 14.7 Å². The van der Waals surface area contributed by atoms with Gasteiger partial charge in [-0.25, -0.2) is 0 Å². The fraction of sp³-hybridized carbons (Fsp3) is 0.286. The van der Waals surface area contributed by atoms with Gasteiger partial charge in [0.05, 0.1) is 25.3 Å². The monoisotopic (exact) mass is 443 g/mol. The molecule has 5 heteroatoms. The number of ketones is 1. The largest absolute Gasteiger partial charge is 0.494 e. The molecule has 0 saturated heterocycles. The Labute approximate surface area is 194 Å². The molecule has 5 nitrogen and oxygen atoms in total. The summed E-state index contributed by atoms with van der Waals surface area (Å²) < 4.78 is 5.65. The lowest BCUT2D eigenvalue weighted by molar-refractivity contribution is -0.136. The Morgan fingerprint density at radius 2 is 1.70 bits per heavy atom. The van der Waals surface area contributed by atoms with Gasteiger partial charge in [0.15, 0.2) is 11.4 Å². The predicted octanol–water partition coefficient (Wildman–Crippen LogP) is 5.18. The number of nitrogens with zero attached hydrogens (tertiary/aromatic N) is 1. The minimum Gasteiger partial charge on any atom is -0.494 e. The summed E-state index contributed by atoms with van der Waals surface area (Å²) in [7, 11) is 0. The van der Waals surface area contributed by atoms with Crippen LogP contribution in [0.25, 0.3) is 0 Å². The van der Waals surface area contributed by atoms with E-state index in [0.29, 0.717) is 35.7 Å². The van der Waals surface area contributed by atoms with E-state index in [2.05, 4.69) is 6.92 Å². The Morgan fingerprint density at radius 3 is 2.39 bits per heavy atom. The van der Waals surface area contributed by atoms with Crippen molar-refractivity contribution in [2.45, 2.75) is 45.3 Å². The summed E-state index contributed by atoms with van der Waals surface area (Å²) in [4.78, 5) is 28.1. The maximum absolute atomic E-state index is 13.4. The Morgan fingerprint density at radius 1 is 1.00 bits per heavy atom. The Kier molecular flexibility index (Phi) is 6.61. The molecule has 1 N–H and O–H groups in total. The van der Waals surface area contributed by atoms with E-state index in [0.717, 1.165) is 24.0 Å². The van der Waals surface area contributed by atoms with E-state index in [1.165, 1.54) is 0 Å². The van der Waals surface area contributed by atoms with E-state index in [1.54, 1.807) is 41.3 Å². The average Bonchev–Trinajstić information content (AvgIpc) is 3.03. The minimum absolute atomic E-state index is 0.294. The first-order valence-corrected chi connectivity index (χ1v) is 11.4. The maximum Gasteiger partial charge on any atom is 0.264 e. The van der Waals surface area contributed by atoms with Crippen LogP contribution in [0.5, 0.6) is 5.75 Å². The Balaban J connectivity index is 1.54. The first-order chi connectivity index (χ1) is 15.9. The van der Waals surface area contributed by atoms with Crippen molar-refractivity contribution in [1.82, 2.24) is 0 Å². The normalized spacial score (nSPS) is 17.2. The van der Waals surface area contributed by atoms with Gasteiger partial charge in [0.1, 0.15) is 5.75 Å². The van der Waals surface area contributed by atoms with Crippen LogP contribution in [0.1, 0.15) is 53.2 Å². The van der Waals surface area contributed by atoms with E-state index >= 15 is 0 Å². The third-order valence-corrected chi connectivity index (χ3v) is 6.06. The molecule has 1 aliphatic rings. The zero-order chi connectivity index (χ0) is 23.4. The molecule has 170 valence electrons. The van der Waals surface area contributed by atoms with Crippen LogP contribution in [0.2, 0.25) is 0 Å². The van der Waals surface area contributed by atoms with Gasteiger partial charge in [0.25, 0.3) is 5.91 Å². The van der Waals surface area contributed by atoms with Crippen molar-refractivity contribution >= 4 is 17.4 Å². The van der Waals surface area contributed by atoms with Crippen molar-refractivity contribution < 1.29 is 19.4 Å². The number of aryl methyl sites for hydroxylation is 1. The third kappa shape index (κ3) is 4.69. The molecule has 1 heterocycles. The topological polar surface area (TPSA) is 66.8 Å². The molecule has 0 aliphatic carbocycles. The van der Waals surface area contributed by atoms with Gasteiger partial charge in [-0.3, -0.25) is 9.59 Å². The number of aliphatic hydroxyl groups is 1. The zero-order valence-electron chi connectivity index (χ0n) is 19.1. The number of ether oxygens (including phenoxy) is 1. The molecule has 3 aromatic rings. The van der Waals surface area contributed by atoms with E-state index in [-0.39, 0.29) is 12.2 Å². The number of hydrogen-bond donors (Lipinski definition) is 1. The van der Waals surface area contributed by atoms with Crippen LogP contribution >= 0.6 is 0 Å². The van der Waals surface area contributed by atoms with Crippen molar-refractivity contribution in [3.63, 3.8) is 0 Å². The molecule has 0 aromatic heterocycles.